The van der Waals surface area contributed by atoms with Crippen LogP contribution in [0.15, 0.2) is 73.6 Å². The van der Waals surface area contributed by atoms with Crippen LogP contribution in [0, 0.1) is 0 Å². The topological polar surface area (TPSA) is 101 Å². The van der Waals surface area contributed by atoms with Gasteiger partial charge in [-0.2, -0.15) is 0 Å². The zero-order chi connectivity index (χ0) is 24.2. The lowest BCUT2D eigenvalue weighted by atomic mass is 10.1. The minimum Gasteiger partial charge on any atom is -0.371 e. The Morgan fingerprint density at radius 1 is 1.20 bits per heavy atom. The van der Waals surface area contributed by atoms with Gasteiger partial charge >= 0.3 is 0 Å². The summed E-state index contributed by atoms with van der Waals surface area (Å²) >= 11 is 6.57. The number of aromatic nitrogens is 3. The second-order valence-corrected chi connectivity index (χ2v) is 8.40. The van der Waals surface area contributed by atoms with E-state index in [4.69, 9.17) is 21.3 Å². The number of anilines is 3. The zero-order valence-corrected chi connectivity index (χ0v) is 19.5. The van der Waals surface area contributed by atoms with Crippen molar-refractivity contribution in [2.24, 2.45) is 0 Å². The van der Waals surface area contributed by atoms with Crippen molar-refractivity contribution in [2.75, 3.05) is 30.3 Å². The molecule has 176 valence electrons. The van der Waals surface area contributed by atoms with Crippen LogP contribution in [0.3, 0.4) is 0 Å². The molecule has 1 atom stereocenters. The first-order valence-electron chi connectivity index (χ1n) is 11.1. The van der Waals surface area contributed by atoms with Crippen molar-refractivity contribution in [2.45, 2.75) is 6.10 Å². The fraction of sp³-hybridized carbons (Fsp3) is 0.154. The fourth-order valence-corrected chi connectivity index (χ4v) is 4.14. The largest absolute Gasteiger partial charge is 0.371 e. The third-order valence-corrected chi connectivity index (χ3v) is 5.95. The maximum Gasteiger partial charge on any atom is 0.247 e. The molecule has 1 fully saturated rings. The standard InChI is InChI=1S/C26H23ClN6O2/c1-2-24(34)31-18-8-9-29-22(13-18)19-5-3-4-17-14-30-26(33-25(17)19)32-21-7-6-16(12-20(21)27)23-15-28-10-11-35-23/h2-9,12-14,23,28H,1,10-11,15H2,(H,29,31,34)(H,30,32,33). The molecule has 3 N–H and O–H groups in total. The van der Waals surface area contributed by atoms with Crippen LogP contribution in [-0.2, 0) is 9.53 Å². The first-order chi connectivity index (χ1) is 17.1. The van der Waals surface area contributed by atoms with Crippen molar-refractivity contribution in [1.82, 2.24) is 20.3 Å². The number of hydrogen-bond donors (Lipinski definition) is 3. The summed E-state index contributed by atoms with van der Waals surface area (Å²) in [6.07, 6.45) is 4.59. The van der Waals surface area contributed by atoms with Crippen LogP contribution < -0.4 is 16.0 Å². The smallest absolute Gasteiger partial charge is 0.247 e. The number of para-hydroxylation sites is 1. The lowest BCUT2D eigenvalue weighted by Crippen LogP contribution is -2.33. The number of pyridine rings is 1. The molecule has 2 aromatic heterocycles. The lowest BCUT2D eigenvalue weighted by molar-refractivity contribution is -0.111. The van der Waals surface area contributed by atoms with Gasteiger partial charge in [0.05, 0.1) is 34.6 Å². The summed E-state index contributed by atoms with van der Waals surface area (Å²) in [7, 11) is 0. The minimum absolute atomic E-state index is 0.0192. The Bertz CT molecular complexity index is 1400. The summed E-state index contributed by atoms with van der Waals surface area (Å²) in [5, 5.41) is 10.7. The van der Waals surface area contributed by atoms with Gasteiger partial charge in [-0.15, -0.1) is 0 Å². The Balaban J connectivity index is 1.44. The molecule has 1 amide bonds. The highest BCUT2D eigenvalue weighted by Crippen LogP contribution is 2.31. The van der Waals surface area contributed by atoms with Crippen LogP contribution in [0.1, 0.15) is 11.7 Å². The van der Waals surface area contributed by atoms with Gasteiger partial charge in [-0.05, 0) is 35.9 Å². The number of hydrogen-bond acceptors (Lipinski definition) is 7. The number of morpholine rings is 1. The molecule has 9 heteroatoms. The van der Waals surface area contributed by atoms with Gasteiger partial charge in [-0.1, -0.05) is 42.4 Å². The van der Waals surface area contributed by atoms with E-state index in [0.717, 1.165) is 35.1 Å². The Kier molecular flexibility index (Phi) is 6.67. The Hall–Kier alpha value is -3.85. The number of fused-ring (bicyclic) bond motifs is 1. The number of halogens is 1. The summed E-state index contributed by atoms with van der Waals surface area (Å²) < 4.78 is 5.82. The third-order valence-electron chi connectivity index (χ3n) is 5.64. The molecular weight excluding hydrogens is 464 g/mol. The third kappa shape index (κ3) is 5.14. The number of rotatable bonds is 6. The summed E-state index contributed by atoms with van der Waals surface area (Å²) in [5.74, 6) is 0.120. The molecule has 1 saturated heterocycles. The quantitative estimate of drug-likeness (QED) is 0.334. The molecular formula is C26H23ClN6O2. The van der Waals surface area contributed by atoms with Crippen LogP contribution in [0.5, 0.6) is 0 Å². The van der Waals surface area contributed by atoms with E-state index >= 15 is 0 Å². The second kappa shape index (κ2) is 10.2. The predicted octanol–water partition coefficient (Wildman–Crippen LogP) is 4.87. The van der Waals surface area contributed by atoms with Crippen molar-refractivity contribution in [3.8, 4) is 11.3 Å². The average Bonchev–Trinajstić information content (AvgIpc) is 2.90. The molecule has 5 rings (SSSR count). The van der Waals surface area contributed by atoms with E-state index in [1.165, 1.54) is 6.08 Å². The van der Waals surface area contributed by atoms with Crippen LogP contribution >= 0.6 is 11.6 Å². The Morgan fingerprint density at radius 2 is 2.11 bits per heavy atom. The van der Waals surface area contributed by atoms with E-state index < -0.39 is 0 Å². The normalized spacial score (nSPS) is 15.5. The number of carbonyl (C=O) groups is 1. The first-order valence-corrected chi connectivity index (χ1v) is 11.5. The zero-order valence-electron chi connectivity index (χ0n) is 18.8. The molecule has 0 aliphatic carbocycles. The number of amides is 1. The number of carbonyl (C=O) groups excluding carboxylic acids is 1. The number of benzene rings is 2. The van der Waals surface area contributed by atoms with E-state index in [9.17, 15) is 4.79 Å². The number of ether oxygens (including phenoxy) is 1. The molecule has 0 radical (unpaired) electrons. The first kappa shape index (κ1) is 22.9. The van der Waals surface area contributed by atoms with E-state index in [-0.39, 0.29) is 12.0 Å². The number of nitrogens with zero attached hydrogens (tertiary/aromatic N) is 3. The molecule has 4 aromatic rings. The van der Waals surface area contributed by atoms with Gasteiger partial charge in [0.1, 0.15) is 0 Å². The molecule has 8 nitrogen and oxygen atoms in total. The van der Waals surface area contributed by atoms with Crippen molar-refractivity contribution in [3.63, 3.8) is 0 Å². The molecule has 35 heavy (non-hydrogen) atoms. The Labute approximate surface area is 207 Å². The van der Waals surface area contributed by atoms with E-state index in [0.29, 0.717) is 34.6 Å². The van der Waals surface area contributed by atoms with Gasteiger partial charge in [-0.25, -0.2) is 9.97 Å². The van der Waals surface area contributed by atoms with Gasteiger partial charge < -0.3 is 20.7 Å². The van der Waals surface area contributed by atoms with Crippen LogP contribution in [-0.4, -0.2) is 40.6 Å². The van der Waals surface area contributed by atoms with Crippen molar-refractivity contribution in [3.05, 3.63) is 84.2 Å². The van der Waals surface area contributed by atoms with Crippen molar-refractivity contribution in [1.29, 1.82) is 0 Å². The lowest BCUT2D eigenvalue weighted by Gasteiger charge is -2.24. The summed E-state index contributed by atoms with van der Waals surface area (Å²) in [5.41, 5.74) is 4.54. The molecule has 0 bridgehead atoms. The fourth-order valence-electron chi connectivity index (χ4n) is 3.90. The van der Waals surface area contributed by atoms with Gasteiger partial charge in [0, 0.05) is 42.1 Å². The van der Waals surface area contributed by atoms with Crippen LogP contribution in [0.2, 0.25) is 5.02 Å². The van der Waals surface area contributed by atoms with Gasteiger partial charge in [0.15, 0.2) is 0 Å². The molecule has 0 spiro atoms. The van der Waals surface area contributed by atoms with Gasteiger partial charge in [-0.3, -0.25) is 9.78 Å². The van der Waals surface area contributed by atoms with E-state index in [2.05, 4.69) is 32.5 Å². The highest BCUT2D eigenvalue weighted by molar-refractivity contribution is 6.33. The summed E-state index contributed by atoms with van der Waals surface area (Å²) in [6.45, 7) is 5.77. The van der Waals surface area contributed by atoms with Gasteiger partial charge in [0.25, 0.3) is 0 Å². The highest BCUT2D eigenvalue weighted by Gasteiger charge is 2.17. The molecule has 3 heterocycles. The average molecular weight is 487 g/mol. The molecule has 1 unspecified atom stereocenters. The van der Waals surface area contributed by atoms with E-state index in [1.54, 1.807) is 24.5 Å². The molecule has 1 aliphatic rings. The second-order valence-electron chi connectivity index (χ2n) is 7.99. The maximum atomic E-state index is 11.7. The SMILES string of the molecule is C=CC(=O)Nc1ccnc(-c2cccc3cnc(Nc4ccc(C5CNCCO5)cc4Cl)nc23)c1. The molecule has 2 aromatic carbocycles. The van der Waals surface area contributed by atoms with Crippen molar-refractivity contribution >= 4 is 45.7 Å². The monoisotopic (exact) mass is 486 g/mol. The summed E-state index contributed by atoms with van der Waals surface area (Å²) in [6, 6.07) is 15.1. The van der Waals surface area contributed by atoms with Crippen LogP contribution in [0.25, 0.3) is 22.2 Å². The molecule has 1 aliphatic heterocycles. The van der Waals surface area contributed by atoms with E-state index in [1.807, 2.05) is 36.4 Å². The molecule has 0 saturated carbocycles. The maximum absolute atomic E-state index is 11.7. The van der Waals surface area contributed by atoms with Gasteiger partial charge in [0.2, 0.25) is 11.9 Å². The summed E-state index contributed by atoms with van der Waals surface area (Å²) in [4.78, 5) is 25.4. The van der Waals surface area contributed by atoms with Crippen molar-refractivity contribution < 1.29 is 9.53 Å². The Morgan fingerprint density at radius 3 is 2.91 bits per heavy atom. The van der Waals surface area contributed by atoms with Crippen LogP contribution in [0.4, 0.5) is 17.3 Å². The minimum atomic E-state index is -0.289. The highest BCUT2D eigenvalue weighted by atomic mass is 35.5. The number of nitrogens with one attached hydrogen (secondary N) is 3. The predicted molar refractivity (Wildman–Crippen MR) is 138 cm³/mol.